The summed E-state index contributed by atoms with van der Waals surface area (Å²) in [4.78, 5) is 36.9. The zero-order valence-electron chi connectivity index (χ0n) is 12.7. The molecule has 1 saturated heterocycles. The highest BCUT2D eigenvalue weighted by atomic mass is 79.9. The van der Waals surface area contributed by atoms with Crippen LogP contribution in [0.1, 0.15) is 28.8 Å². The summed E-state index contributed by atoms with van der Waals surface area (Å²) in [6.07, 6.45) is 0.410. The number of imide groups is 1. The largest absolute Gasteiger partial charge is 0.457 e. The van der Waals surface area contributed by atoms with Gasteiger partial charge < -0.3 is 4.74 Å². The fourth-order valence-corrected chi connectivity index (χ4v) is 2.94. The van der Waals surface area contributed by atoms with Crippen molar-refractivity contribution in [2.24, 2.45) is 0 Å². The molecule has 0 atom stereocenters. The zero-order chi connectivity index (χ0) is 17.1. The standard InChI is InChI=1S/C18H14BrNO4/c19-14-5-1-3-12(9-14)11-24-18(23)13-4-2-6-15(10-13)20-16(21)7-8-17(20)22/h1-6,9-10H,7-8,11H2. The minimum Gasteiger partial charge on any atom is -0.457 e. The van der Waals surface area contributed by atoms with Gasteiger partial charge in [-0.15, -0.1) is 0 Å². The van der Waals surface area contributed by atoms with Gasteiger partial charge in [-0.1, -0.05) is 34.1 Å². The molecule has 1 heterocycles. The van der Waals surface area contributed by atoms with Crippen LogP contribution < -0.4 is 4.90 Å². The first kappa shape index (κ1) is 16.4. The smallest absolute Gasteiger partial charge is 0.338 e. The van der Waals surface area contributed by atoms with Gasteiger partial charge in [0.2, 0.25) is 11.8 Å². The Morgan fingerprint density at radius 3 is 2.46 bits per heavy atom. The first-order valence-electron chi connectivity index (χ1n) is 7.42. The molecule has 0 radical (unpaired) electrons. The van der Waals surface area contributed by atoms with E-state index in [4.69, 9.17) is 4.74 Å². The number of anilines is 1. The molecule has 5 nitrogen and oxygen atoms in total. The van der Waals surface area contributed by atoms with Gasteiger partial charge in [0.05, 0.1) is 11.3 Å². The molecule has 122 valence electrons. The first-order valence-corrected chi connectivity index (χ1v) is 8.21. The SMILES string of the molecule is O=C(OCc1cccc(Br)c1)c1cccc(N2C(=O)CCC2=O)c1. The summed E-state index contributed by atoms with van der Waals surface area (Å²) < 4.78 is 6.20. The molecular weight excluding hydrogens is 374 g/mol. The average Bonchev–Trinajstić information content (AvgIpc) is 2.91. The van der Waals surface area contributed by atoms with E-state index in [0.29, 0.717) is 11.3 Å². The lowest BCUT2D eigenvalue weighted by Gasteiger charge is -2.14. The number of benzene rings is 2. The van der Waals surface area contributed by atoms with Crippen LogP contribution in [0, 0.1) is 0 Å². The van der Waals surface area contributed by atoms with Crippen molar-refractivity contribution in [2.75, 3.05) is 4.90 Å². The normalized spacial score (nSPS) is 14.1. The Labute approximate surface area is 147 Å². The van der Waals surface area contributed by atoms with Gasteiger partial charge in [0.15, 0.2) is 0 Å². The van der Waals surface area contributed by atoms with Crippen molar-refractivity contribution in [3.05, 3.63) is 64.1 Å². The summed E-state index contributed by atoms with van der Waals surface area (Å²) in [7, 11) is 0. The van der Waals surface area contributed by atoms with Gasteiger partial charge >= 0.3 is 5.97 Å². The summed E-state index contributed by atoms with van der Waals surface area (Å²) in [5, 5.41) is 0. The molecule has 1 fully saturated rings. The van der Waals surface area contributed by atoms with Gasteiger partial charge in [-0.05, 0) is 35.9 Å². The fraction of sp³-hybridized carbons (Fsp3) is 0.167. The van der Waals surface area contributed by atoms with Crippen LogP contribution in [0.15, 0.2) is 53.0 Å². The third-order valence-electron chi connectivity index (χ3n) is 3.65. The maximum atomic E-state index is 12.2. The summed E-state index contributed by atoms with van der Waals surface area (Å²) in [6.45, 7) is 0.143. The van der Waals surface area contributed by atoms with Crippen LogP contribution in [0.3, 0.4) is 0 Å². The minimum absolute atomic E-state index is 0.143. The van der Waals surface area contributed by atoms with Gasteiger partial charge in [-0.2, -0.15) is 0 Å². The summed E-state index contributed by atoms with van der Waals surface area (Å²) >= 11 is 3.36. The van der Waals surface area contributed by atoms with Crippen LogP contribution in [0.4, 0.5) is 5.69 Å². The zero-order valence-corrected chi connectivity index (χ0v) is 14.3. The van der Waals surface area contributed by atoms with Gasteiger partial charge in [0.1, 0.15) is 6.61 Å². The second kappa shape index (κ2) is 6.97. The number of hydrogen-bond acceptors (Lipinski definition) is 4. The number of esters is 1. The number of hydrogen-bond donors (Lipinski definition) is 0. The Balaban J connectivity index is 1.72. The Morgan fingerprint density at radius 1 is 1.04 bits per heavy atom. The van der Waals surface area contributed by atoms with Gasteiger partial charge in [-0.25, -0.2) is 4.79 Å². The molecule has 24 heavy (non-hydrogen) atoms. The molecule has 0 bridgehead atoms. The van der Waals surface area contributed by atoms with E-state index in [9.17, 15) is 14.4 Å². The van der Waals surface area contributed by atoms with E-state index in [1.165, 1.54) is 6.07 Å². The highest BCUT2D eigenvalue weighted by Gasteiger charge is 2.30. The maximum Gasteiger partial charge on any atom is 0.338 e. The molecule has 2 amide bonds. The quantitative estimate of drug-likeness (QED) is 0.595. The third-order valence-corrected chi connectivity index (χ3v) is 4.14. The van der Waals surface area contributed by atoms with E-state index >= 15 is 0 Å². The van der Waals surface area contributed by atoms with Gasteiger partial charge in [0.25, 0.3) is 0 Å². The predicted molar refractivity (Wildman–Crippen MR) is 91.4 cm³/mol. The summed E-state index contributed by atoms with van der Waals surface area (Å²) in [6, 6.07) is 13.8. The van der Waals surface area contributed by atoms with Crippen molar-refractivity contribution < 1.29 is 19.1 Å². The molecule has 2 aromatic rings. The van der Waals surface area contributed by atoms with Crippen LogP contribution in [0.5, 0.6) is 0 Å². The molecule has 0 N–H and O–H groups in total. The van der Waals surface area contributed by atoms with Crippen LogP contribution in [-0.2, 0) is 20.9 Å². The van der Waals surface area contributed by atoms with Crippen molar-refractivity contribution in [1.29, 1.82) is 0 Å². The molecular formula is C18H14BrNO4. The number of amides is 2. The lowest BCUT2D eigenvalue weighted by molar-refractivity contribution is -0.121. The topological polar surface area (TPSA) is 63.7 Å². The van der Waals surface area contributed by atoms with Crippen LogP contribution in [-0.4, -0.2) is 17.8 Å². The minimum atomic E-state index is -0.504. The third kappa shape index (κ3) is 3.54. The fourth-order valence-electron chi connectivity index (χ4n) is 2.50. The molecule has 3 rings (SSSR count). The Hall–Kier alpha value is -2.47. The van der Waals surface area contributed by atoms with Gasteiger partial charge in [0, 0.05) is 17.3 Å². The van der Waals surface area contributed by atoms with Crippen molar-refractivity contribution >= 4 is 39.4 Å². The van der Waals surface area contributed by atoms with Crippen LogP contribution in [0.25, 0.3) is 0 Å². The molecule has 0 saturated carbocycles. The number of rotatable bonds is 4. The molecule has 6 heteroatoms. The average molecular weight is 388 g/mol. The van der Waals surface area contributed by atoms with E-state index in [2.05, 4.69) is 15.9 Å². The highest BCUT2D eigenvalue weighted by molar-refractivity contribution is 9.10. The van der Waals surface area contributed by atoms with E-state index < -0.39 is 5.97 Å². The first-order chi connectivity index (χ1) is 11.5. The molecule has 0 aliphatic carbocycles. The van der Waals surface area contributed by atoms with E-state index in [1.54, 1.807) is 18.2 Å². The Morgan fingerprint density at radius 2 is 1.75 bits per heavy atom. The summed E-state index contributed by atoms with van der Waals surface area (Å²) in [5.74, 6) is -1.00. The van der Waals surface area contributed by atoms with Crippen molar-refractivity contribution in [3.8, 4) is 0 Å². The molecule has 2 aromatic carbocycles. The Kier molecular flexibility index (Phi) is 4.76. The molecule has 0 aromatic heterocycles. The van der Waals surface area contributed by atoms with E-state index in [-0.39, 0.29) is 31.3 Å². The number of ether oxygens (including phenoxy) is 1. The van der Waals surface area contributed by atoms with Crippen molar-refractivity contribution in [3.63, 3.8) is 0 Å². The molecule has 1 aliphatic rings. The maximum absolute atomic E-state index is 12.2. The number of halogens is 1. The van der Waals surface area contributed by atoms with Crippen molar-refractivity contribution in [2.45, 2.75) is 19.4 Å². The molecule has 0 unspecified atom stereocenters. The van der Waals surface area contributed by atoms with E-state index in [0.717, 1.165) is 14.9 Å². The lowest BCUT2D eigenvalue weighted by atomic mass is 10.2. The second-order valence-electron chi connectivity index (χ2n) is 5.38. The molecule has 0 spiro atoms. The van der Waals surface area contributed by atoms with E-state index in [1.807, 2.05) is 24.3 Å². The monoisotopic (exact) mass is 387 g/mol. The highest BCUT2D eigenvalue weighted by Crippen LogP contribution is 2.24. The van der Waals surface area contributed by atoms with Crippen LogP contribution in [0.2, 0.25) is 0 Å². The molecule has 1 aliphatic heterocycles. The number of carbonyl (C=O) groups is 3. The van der Waals surface area contributed by atoms with Crippen LogP contribution >= 0.6 is 15.9 Å². The summed E-state index contributed by atoms with van der Waals surface area (Å²) in [5.41, 5.74) is 1.56. The Bertz CT molecular complexity index is 802. The van der Waals surface area contributed by atoms with Crippen molar-refractivity contribution in [1.82, 2.24) is 0 Å². The lowest BCUT2D eigenvalue weighted by Crippen LogP contribution is -2.28. The predicted octanol–water partition coefficient (Wildman–Crippen LogP) is 3.46. The second-order valence-corrected chi connectivity index (χ2v) is 6.29. The van der Waals surface area contributed by atoms with Gasteiger partial charge in [-0.3, -0.25) is 14.5 Å². The number of carbonyl (C=O) groups excluding carboxylic acids is 3. The number of nitrogens with zero attached hydrogens (tertiary/aromatic N) is 1.